The lowest BCUT2D eigenvalue weighted by molar-refractivity contribution is 0.887. The standard InChI is InChI=1S/C49H37N3.C26H19N5/c1-50-46-30-36(51-44-18-10-8-16-38(44)42-24-20-34(28-48(42)51)32-12-4-2-5-13-32)22-26-40(46)41-27-23-37(31-47(41)50)52-45-19-11-9-17-39(45)43-25-21-35(29-49(43)52)33-14-6-3-7-15-33;27-25(30-21-13-5-1-9-17(21)18-10-2-6-14-22(18)30)29-26(28)31-23-15-7-3-11-19(23)20-12-4-8-16-24(20)31/h2-9,12-17,20-31H,10-11,18-19H2,1H3;1-16H,(H3,27,28,29). The Bertz CT molecular complexity index is 4940. The van der Waals surface area contributed by atoms with E-state index in [9.17, 15) is 0 Å². The SMILES string of the molecule is Cn1c2cc(-n3c4c(c5ccc(-c6ccccc6)cc53)C=CCC4)ccc2c2ccc(-n3c4c(c5ccc(-c6ccccc6)cc53)C=CCC4)cc21.N=C(/N=C(\N)n1c2ccccc2c2ccccc21)n1c2ccccc2c2ccccc21. The van der Waals surface area contributed by atoms with Crippen molar-refractivity contribution in [2.75, 3.05) is 0 Å². The molecule has 0 radical (unpaired) electrons. The minimum absolute atomic E-state index is 0.0803. The zero-order chi connectivity index (χ0) is 55.3. The summed E-state index contributed by atoms with van der Waals surface area (Å²) in [5.74, 6) is 0.348. The average molecular weight is 1070 g/mol. The van der Waals surface area contributed by atoms with E-state index in [0.717, 1.165) is 69.3 Å². The molecule has 3 N–H and O–H groups in total. The number of rotatable bonds is 4. The van der Waals surface area contributed by atoms with Gasteiger partial charge in [-0.2, -0.15) is 4.99 Å². The van der Waals surface area contributed by atoms with Crippen LogP contribution in [0.2, 0.25) is 0 Å². The van der Waals surface area contributed by atoms with Crippen LogP contribution in [0, 0.1) is 5.41 Å². The minimum atomic E-state index is 0.0803. The van der Waals surface area contributed by atoms with Crippen molar-refractivity contribution in [1.29, 1.82) is 5.41 Å². The van der Waals surface area contributed by atoms with Crippen molar-refractivity contribution in [2.45, 2.75) is 25.7 Å². The molecule has 0 aliphatic heterocycles. The number of aliphatic imine (C=N–C) groups is 1. The first kappa shape index (κ1) is 48.2. The fourth-order valence-electron chi connectivity index (χ4n) is 13.6. The number of hydrogen-bond donors (Lipinski definition) is 2. The van der Waals surface area contributed by atoms with E-state index in [-0.39, 0.29) is 11.9 Å². The summed E-state index contributed by atoms with van der Waals surface area (Å²) in [6.45, 7) is 0. The van der Waals surface area contributed by atoms with Crippen molar-refractivity contribution in [3.8, 4) is 33.6 Å². The molecule has 0 atom stereocenters. The van der Waals surface area contributed by atoms with Gasteiger partial charge in [-0.25, -0.2) is 0 Å². The van der Waals surface area contributed by atoms with Crippen LogP contribution in [0.25, 0.3) is 133 Å². The average Bonchev–Trinajstić information content (AvgIpc) is 4.48. The molecule has 396 valence electrons. The van der Waals surface area contributed by atoms with Gasteiger partial charge in [0.05, 0.1) is 44.1 Å². The second-order valence-electron chi connectivity index (χ2n) is 22.0. The topological polar surface area (TPSA) is 86.9 Å². The third-order valence-corrected chi connectivity index (χ3v) is 17.4. The Hall–Kier alpha value is -10.7. The van der Waals surface area contributed by atoms with Crippen LogP contribution in [0.4, 0.5) is 0 Å². The lowest BCUT2D eigenvalue weighted by atomic mass is 10.00. The zero-order valence-electron chi connectivity index (χ0n) is 45.8. The summed E-state index contributed by atoms with van der Waals surface area (Å²) in [6, 6.07) is 82.0. The molecular weight excluding hydrogens is 1010 g/mol. The first-order chi connectivity index (χ1) is 40.9. The number of aromatic nitrogens is 5. The molecule has 17 rings (SSSR count). The molecule has 8 heteroatoms. The highest BCUT2D eigenvalue weighted by molar-refractivity contribution is 6.18. The molecule has 0 saturated heterocycles. The van der Waals surface area contributed by atoms with E-state index in [1.807, 2.05) is 81.9 Å². The molecule has 10 aromatic carbocycles. The third kappa shape index (κ3) is 7.67. The number of hydrogen-bond acceptors (Lipinski definition) is 1. The van der Waals surface area contributed by atoms with Crippen LogP contribution in [0.1, 0.15) is 35.4 Å². The highest BCUT2D eigenvalue weighted by Gasteiger charge is 2.24. The highest BCUT2D eigenvalue weighted by atomic mass is 15.2. The second kappa shape index (κ2) is 19.2. The van der Waals surface area contributed by atoms with Crippen LogP contribution in [0.15, 0.2) is 248 Å². The van der Waals surface area contributed by atoms with Crippen LogP contribution in [0.3, 0.4) is 0 Å². The molecule has 83 heavy (non-hydrogen) atoms. The van der Waals surface area contributed by atoms with Gasteiger partial charge in [0.2, 0.25) is 11.9 Å². The monoisotopic (exact) mass is 1070 g/mol. The van der Waals surface area contributed by atoms with Crippen molar-refractivity contribution in [3.05, 3.63) is 265 Å². The van der Waals surface area contributed by atoms with Gasteiger partial charge in [-0.3, -0.25) is 14.5 Å². The van der Waals surface area contributed by atoms with E-state index in [0.29, 0.717) is 0 Å². The number of para-hydroxylation sites is 4. The van der Waals surface area contributed by atoms with Gasteiger partial charge in [-0.1, -0.05) is 194 Å². The smallest absolute Gasteiger partial charge is 0.230 e. The van der Waals surface area contributed by atoms with Crippen LogP contribution in [-0.4, -0.2) is 34.8 Å². The molecule has 15 aromatic rings. The Kier molecular flexibility index (Phi) is 11.2. The van der Waals surface area contributed by atoms with Gasteiger partial charge in [-0.05, 0) is 109 Å². The number of nitrogens with zero attached hydrogens (tertiary/aromatic N) is 6. The molecule has 5 aromatic heterocycles. The largest absolute Gasteiger partial charge is 0.369 e. The van der Waals surface area contributed by atoms with Crippen molar-refractivity contribution < 1.29 is 0 Å². The highest BCUT2D eigenvalue weighted by Crippen LogP contribution is 2.41. The van der Waals surface area contributed by atoms with Crippen molar-refractivity contribution in [1.82, 2.24) is 22.8 Å². The molecule has 8 nitrogen and oxygen atoms in total. The Balaban J connectivity index is 0.000000155. The number of benzene rings is 10. The predicted octanol–water partition coefficient (Wildman–Crippen LogP) is 18.0. The van der Waals surface area contributed by atoms with Crippen LogP contribution in [-0.2, 0) is 19.9 Å². The molecule has 2 aliphatic rings. The normalized spacial score (nSPS) is 13.2. The molecule has 0 unspecified atom stereocenters. The van der Waals surface area contributed by atoms with Crippen LogP contribution in [0.5, 0.6) is 0 Å². The first-order valence-electron chi connectivity index (χ1n) is 28.7. The molecule has 0 spiro atoms. The van der Waals surface area contributed by atoms with Gasteiger partial charge in [0, 0.05) is 84.0 Å². The molecule has 0 saturated carbocycles. The van der Waals surface area contributed by atoms with Gasteiger partial charge in [0.25, 0.3) is 0 Å². The molecule has 0 fully saturated rings. The van der Waals surface area contributed by atoms with Crippen LogP contribution < -0.4 is 5.73 Å². The van der Waals surface area contributed by atoms with E-state index < -0.39 is 0 Å². The quantitative estimate of drug-likeness (QED) is 0.134. The fraction of sp³-hybridized carbons (Fsp3) is 0.0667. The zero-order valence-corrected chi connectivity index (χ0v) is 45.8. The van der Waals surface area contributed by atoms with Crippen molar-refractivity contribution in [2.24, 2.45) is 17.8 Å². The maximum atomic E-state index is 8.84. The molecule has 2 aliphatic carbocycles. The fourth-order valence-corrected chi connectivity index (χ4v) is 13.6. The summed E-state index contributed by atoms with van der Waals surface area (Å²) in [7, 11) is 2.23. The number of nitrogens with two attached hydrogens (primary N) is 1. The maximum absolute atomic E-state index is 8.84. The van der Waals surface area contributed by atoms with Gasteiger partial charge in [-0.15, -0.1) is 0 Å². The Morgan fingerprint density at radius 2 is 0.747 bits per heavy atom. The third-order valence-electron chi connectivity index (χ3n) is 17.4. The predicted molar refractivity (Wildman–Crippen MR) is 349 cm³/mol. The van der Waals surface area contributed by atoms with Gasteiger partial charge < -0.3 is 19.4 Å². The van der Waals surface area contributed by atoms with Crippen molar-refractivity contribution in [3.63, 3.8) is 0 Å². The summed E-state index contributed by atoms with van der Waals surface area (Å²) in [5, 5.41) is 18.5. The van der Waals surface area contributed by atoms with Crippen molar-refractivity contribution >= 4 is 111 Å². The lowest BCUT2D eigenvalue weighted by Gasteiger charge is -2.14. The molecule has 5 heterocycles. The Morgan fingerprint density at radius 1 is 0.373 bits per heavy atom. The van der Waals surface area contributed by atoms with E-state index in [4.69, 9.17) is 11.1 Å². The number of allylic oxidation sites excluding steroid dienone is 2. The summed E-state index contributed by atoms with van der Waals surface area (Å²) >= 11 is 0. The molecular formula is C75H56N8. The summed E-state index contributed by atoms with van der Waals surface area (Å²) in [5.41, 5.74) is 28.3. The first-order valence-corrected chi connectivity index (χ1v) is 28.7. The van der Waals surface area contributed by atoms with Gasteiger partial charge >= 0.3 is 0 Å². The summed E-state index contributed by atoms with van der Waals surface area (Å²) in [4.78, 5) is 4.57. The summed E-state index contributed by atoms with van der Waals surface area (Å²) in [6.07, 6.45) is 13.5. The van der Waals surface area contributed by atoms with E-state index in [2.05, 4.69) is 208 Å². The Labute approximate surface area is 479 Å². The molecule has 0 bridgehead atoms. The summed E-state index contributed by atoms with van der Waals surface area (Å²) < 4.78 is 11.2. The number of nitrogens with one attached hydrogen (secondary N) is 1. The van der Waals surface area contributed by atoms with Crippen LogP contribution >= 0.6 is 0 Å². The lowest BCUT2D eigenvalue weighted by Crippen LogP contribution is -2.25. The van der Waals surface area contributed by atoms with Gasteiger partial charge in [0.1, 0.15) is 0 Å². The molecule has 0 amide bonds. The number of fused-ring (bicyclic) bond motifs is 15. The Morgan fingerprint density at radius 3 is 1.18 bits per heavy atom. The second-order valence-corrected chi connectivity index (χ2v) is 22.0. The van der Waals surface area contributed by atoms with E-state index in [1.165, 1.54) is 99.8 Å². The number of aryl methyl sites for hydroxylation is 1. The van der Waals surface area contributed by atoms with Gasteiger partial charge in [0.15, 0.2) is 0 Å². The minimum Gasteiger partial charge on any atom is -0.369 e. The van der Waals surface area contributed by atoms with E-state index in [1.54, 1.807) is 0 Å². The van der Waals surface area contributed by atoms with E-state index >= 15 is 0 Å². The maximum Gasteiger partial charge on any atom is 0.230 e.